The maximum atomic E-state index is 14.4. The summed E-state index contributed by atoms with van der Waals surface area (Å²) >= 11 is 3.76. The molecule has 47 heteroatoms. The number of ketones is 1. The van der Waals surface area contributed by atoms with Crippen LogP contribution in [0, 0.1) is 5.92 Å². The van der Waals surface area contributed by atoms with E-state index in [1.165, 1.54) is 142 Å². The summed E-state index contributed by atoms with van der Waals surface area (Å²) in [5, 5.41) is 36.4. The summed E-state index contributed by atoms with van der Waals surface area (Å²) in [6, 6.07) is 31.9. The Labute approximate surface area is 829 Å². The molecule has 0 radical (unpaired) electrons. The van der Waals surface area contributed by atoms with Crippen molar-refractivity contribution in [1.29, 1.82) is 0 Å². The number of fused-ring (bicyclic) bond motifs is 3. The molecule has 754 valence electrons. The lowest BCUT2D eigenvalue weighted by atomic mass is 9.89. The number of amides is 2. The first-order valence-corrected chi connectivity index (χ1v) is 52.2. The van der Waals surface area contributed by atoms with Crippen LogP contribution in [0.1, 0.15) is 72.1 Å². The molecule has 5 N–H and O–H groups in total. The molecule has 1 unspecified atom stereocenters. The van der Waals surface area contributed by atoms with Gasteiger partial charge in [-0.3, -0.25) is 47.8 Å². The molecule has 0 spiro atoms. The maximum absolute atomic E-state index is 14.4. The van der Waals surface area contributed by atoms with Gasteiger partial charge in [-0.05, 0) is 174 Å². The number of carbonyl (C=O) groups is 6. The van der Waals surface area contributed by atoms with E-state index >= 15 is 0 Å². The molecule has 2 amide bonds. The fraction of sp³-hybridized carbons (Fsp3) is 0.400. The highest BCUT2D eigenvalue weighted by atomic mass is 32.2. The number of sulfonamides is 3. The Morgan fingerprint density at radius 1 is 0.401 bits per heavy atom. The fourth-order valence-electron chi connectivity index (χ4n) is 17.2. The van der Waals surface area contributed by atoms with Crippen LogP contribution in [0.15, 0.2) is 230 Å². The van der Waals surface area contributed by atoms with Crippen molar-refractivity contribution in [2.45, 2.75) is 160 Å². The molecule has 7 atom stereocenters. The topological polar surface area (TPSA) is 513 Å². The number of aromatic nitrogens is 12. The predicted molar refractivity (Wildman–Crippen MR) is 528 cm³/mol. The number of nitrogens with zero attached hydrogens (tertiary/aromatic N) is 15. The smallest absolute Gasteiger partial charge is 0.335 e. The predicted octanol–water partition coefficient (Wildman–Crippen LogP) is 6.93. The molecule has 142 heavy (non-hydrogen) atoms. The van der Waals surface area contributed by atoms with E-state index in [2.05, 4.69) is 40.5 Å². The van der Waals surface area contributed by atoms with Gasteiger partial charge in [0.2, 0.25) is 41.9 Å². The molecule has 12 heterocycles. The van der Waals surface area contributed by atoms with Gasteiger partial charge in [0.05, 0.1) is 156 Å². The number of hydrogen-bond donors (Lipinski definition) is 5. The minimum absolute atomic E-state index is 0. The van der Waals surface area contributed by atoms with Gasteiger partial charge in [0.15, 0.2) is 22.7 Å². The van der Waals surface area contributed by atoms with Gasteiger partial charge in [0, 0.05) is 89.3 Å². The quantitative estimate of drug-likeness (QED) is 0.0241. The van der Waals surface area contributed by atoms with Crippen LogP contribution >= 0.6 is 35.3 Å². The maximum Gasteiger partial charge on any atom is 0.335 e. The van der Waals surface area contributed by atoms with E-state index in [4.69, 9.17) is 28.4 Å². The molecule has 0 aliphatic carbocycles. The number of nitrogens with one attached hydrogen (secondary N) is 2. The first kappa shape index (κ1) is 106. The summed E-state index contributed by atoms with van der Waals surface area (Å²) in [4.78, 5) is 149. The van der Waals surface area contributed by atoms with Gasteiger partial charge in [-0.1, -0.05) is 43.8 Å². The largest absolute Gasteiger partial charge is 0.481 e. The van der Waals surface area contributed by atoms with E-state index in [9.17, 15) is 83.7 Å². The number of benzene rings is 3. The van der Waals surface area contributed by atoms with Gasteiger partial charge in [-0.25, -0.2) is 77.9 Å². The number of carboxylic acid groups (broad SMARTS) is 3. The Morgan fingerprint density at radius 2 is 0.711 bits per heavy atom. The number of carbonyl (C=O) groups excluding carboxylic acids is 3. The molecule has 3 saturated heterocycles. The number of thioether (sulfide) groups is 3. The fourth-order valence-corrected chi connectivity index (χ4v) is 26.7. The van der Waals surface area contributed by atoms with E-state index < -0.39 is 146 Å². The van der Waals surface area contributed by atoms with Crippen LogP contribution in [0.3, 0.4) is 0 Å². The molecule has 3 aliphatic heterocycles. The zero-order chi connectivity index (χ0) is 100. The molecular weight excluding hydrogens is 1960 g/mol. The Kier molecular flexibility index (Phi) is 34.0. The second kappa shape index (κ2) is 45.7. The van der Waals surface area contributed by atoms with Gasteiger partial charge in [-0.15, -0.1) is 35.3 Å². The molecule has 9 aromatic heterocycles. The van der Waals surface area contributed by atoms with Crippen molar-refractivity contribution in [3.63, 3.8) is 0 Å². The van der Waals surface area contributed by atoms with Crippen molar-refractivity contribution in [2.75, 3.05) is 90.3 Å². The number of carboxylic acids is 3. The average Bonchev–Trinajstić information content (AvgIpc) is 1.58. The van der Waals surface area contributed by atoms with Gasteiger partial charge < -0.3 is 54.4 Å². The third-order valence-electron chi connectivity index (χ3n) is 24.4. The summed E-state index contributed by atoms with van der Waals surface area (Å²) in [6.07, 6.45) is 10.9. The molecule has 15 rings (SSSR count). The van der Waals surface area contributed by atoms with E-state index in [1.54, 1.807) is 163 Å². The number of ether oxygens (including phenoxy) is 6. The molecule has 3 fully saturated rings. The SMILES string of the molecule is C.CC1(C)SCN(S(=O)(=O)c2cccnc2)[C@@H]1C(=O)C[C@@H](Cc1ccc(-n2c(=O)n(CCOCCOCC(COCCOCCn3c(=O)n(-c4ccc(C[C@H](NC(=O)[C@H]5N(S(=O)(=O)c6cccnc6)CSC5(C)C)C(=O)O)cc4)c4ncccc43)OCCOCCn3c(=O)n(-c4ccc(C[C@H](NC(=O)[C@H]5N(S(=O)(=O)c6cccnc6)CSC5(C)C)C(=O)O)cc4)c4ncccc43)c3cccnc32)cc1)C(=O)O. The van der Waals surface area contributed by atoms with Crippen LogP contribution in [-0.4, -0.2) is 287 Å². The summed E-state index contributed by atoms with van der Waals surface area (Å²) in [5.74, 6) is -7.38. The van der Waals surface area contributed by atoms with Crippen molar-refractivity contribution in [1.82, 2.24) is 80.9 Å². The lowest BCUT2D eigenvalue weighted by molar-refractivity contribution is -0.144. The van der Waals surface area contributed by atoms with Crippen molar-refractivity contribution < 1.29 is 97.8 Å². The lowest BCUT2D eigenvalue weighted by Crippen LogP contribution is -2.56. The first-order valence-electron chi connectivity index (χ1n) is 44.9. The number of pyridine rings is 6. The van der Waals surface area contributed by atoms with Crippen molar-refractivity contribution in [3.05, 3.63) is 250 Å². The van der Waals surface area contributed by atoms with Gasteiger partial charge in [0.25, 0.3) is 0 Å². The third-order valence-corrected chi connectivity index (χ3v) is 34.4. The van der Waals surface area contributed by atoms with Crippen LogP contribution in [0.25, 0.3) is 50.6 Å². The number of rotatable bonds is 48. The number of hydrogen-bond acceptors (Lipinski definition) is 30. The van der Waals surface area contributed by atoms with Crippen LogP contribution in [0.4, 0.5) is 0 Å². The van der Waals surface area contributed by atoms with Gasteiger partial charge in [-0.2, -0.15) is 12.9 Å². The molecule has 12 aromatic rings. The molecule has 3 aromatic carbocycles. The van der Waals surface area contributed by atoms with Crippen LogP contribution in [-0.2, 0) is 126 Å². The minimum atomic E-state index is -4.20. The highest BCUT2D eigenvalue weighted by Gasteiger charge is 2.55. The zero-order valence-corrected chi connectivity index (χ0v) is 82.4. The number of Topliss-reactive ketones (excluding diaryl/α,β-unsaturated/α-hetero) is 1. The van der Waals surface area contributed by atoms with Crippen molar-refractivity contribution >= 4 is 134 Å². The summed E-state index contributed by atoms with van der Waals surface area (Å²) in [5.41, 5.74) is 3.93. The van der Waals surface area contributed by atoms with Gasteiger partial charge >= 0.3 is 35.0 Å². The molecular formula is C95H109N17O24S6. The van der Waals surface area contributed by atoms with Crippen LogP contribution in [0.5, 0.6) is 0 Å². The number of aliphatic carboxylic acids is 3. The lowest BCUT2D eigenvalue weighted by Gasteiger charge is -2.30. The van der Waals surface area contributed by atoms with Crippen molar-refractivity contribution in [2.24, 2.45) is 5.92 Å². The summed E-state index contributed by atoms with van der Waals surface area (Å²) in [6.45, 7) is 11.3. The second-order valence-corrected chi connectivity index (χ2v) is 45.5. The van der Waals surface area contributed by atoms with E-state index in [-0.39, 0.29) is 151 Å². The molecule has 0 bridgehead atoms. The minimum Gasteiger partial charge on any atom is -0.481 e. The second-order valence-electron chi connectivity index (χ2n) is 35.0. The summed E-state index contributed by atoms with van der Waals surface area (Å²) in [7, 11) is -12.6. The normalized spacial score (nSPS) is 17.5. The summed E-state index contributed by atoms with van der Waals surface area (Å²) < 4.78 is 129. The highest BCUT2D eigenvalue weighted by molar-refractivity contribution is 8.02. The third kappa shape index (κ3) is 23.5. The number of imidazole rings is 3. The van der Waals surface area contributed by atoms with E-state index in [0.717, 1.165) is 12.9 Å². The Balaban J connectivity index is 0.0000160. The van der Waals surface area contributed by atoms with Crippen LogP contribution in [0.2, 0.25) is 0 Å². The Bertz CT molecular complexity index is 6820. The molecule has 41 nitrogen and oxygen atoms in total. The first-order chi connectivity index (χ1) is 67.5. The molecule has 0 saturated carbocycles. The standard InChI is InChI=1S/C94H105N17O24S6.CH4/c1-92(2)78(106(58-136-92)139(124,125)69-13-7-31-95-53-69)77(112)52-64(86(115)116)49-61-19-25-65(26-20-61)109-81-74(16-10-34-98-81)103(89(109)121)37-40-130-43-45-133-56-68(135-48-47-132-42-39-105-76-18-12-36-100-83(76)111(91(105)123)67-29-23-63(24-30-67)51-73(88(119)120)102-85(114)80-94(5,6)138-60-108(80)141(128,129)71-15-9-33-97-55-71)57-134-46-44-131-41-38-104-75-17-11-35-99-82(75)110(90(104)122)66-27-21-62(22-28-66)50-72(87(117)118)101-84(113)79-93(3,4)137-59-107(79)140(126,127)70-14-8-32-96-54-70;/h7-36,53-55,64,68,72-73,78-80H,37-52,56-60H2,1-6H3,(H,101,113)(H,102,114)(H,115,116)(H,117,118)(H,119,120);1H4/t64-,68?,72+,73+,78-,79-,80-;/m1./s1. The van der Waals surface area contributed by atoms with E-state index in [0.29, 0.717) is 67.2 Å². The van der Waals surface area contributed by atoms with Crippen LogP contribution < -0.4 is 27.7 Å². The monoisotopic (exact) mass is 2060 g/mol. The Hall–Kier alpha value is -12.1. The van der Waals surface area contributed by atoms with Crippen molar-refractivity contribution in [3.8, 4) is 17.1 Å². The average molecular weight is 2070 g/mol. The zero-order valence-electron chi connectivity index (χ0n) is 77.5. The Morgan fingerprint density at radius 3 is 1.04 bits per heavy atom. The highest BCUT2D eigenvalue weighted by Crippen LogP contribution is 2.46. The van der Waals surface area contributed by atoms with E-state index in [1.807, 2.05) is 0 Å². The van der Waals surface area contributed by atoms with Gasteiger partial charge in [0.1, 0.15) is 45.0 Å². The molecule has 3 aliphatic rings.